The van der Waals surface area contributed by atoms with Crippen molar-refractivity contribution in [3.63, 3.8) is 0 Å². The van der Waals surface area contributed by atoms with E-state index in [1.165, 1.54) is 0 Å². The van der Waals surface area contributed by atoms with Crippen molar-refractivity contribution in [3.8, 4) is 0 Å². The van der Waals surface area contributed by atoms with Crippen molar-refractivity contribution in [3.05, 3.63) is 0 Å². The van der Waals surface area contributed by atoms with Crippen LogP contribution in [0.4, 0.5) is 0 Å². The van der Waals surface area contributed by atoms with Gasteiger partial charge in [0.05, 0.1) is 22.4 Å². The lowest BCUT2D eigenvalue weighted by Gasteiger charge is -2.32. The Labute approximate surface area is 173 Å². The van der Waals surface area contributed by atoms with E-state index in [4.69, 9.17) is 41.7 Å². The average Bonchev–Trinajstić information content (AvgIpc) is 1.97. The first-order valence-electron chi connectivity index (χ1n) is 8.81. The van der Waals surface area contributed by atoms with Crippen molar-refractivity contribution in [2.75, 3.05) is 13.3 Å². The fraction of sp³-hybridized carbons (Fsp3) is 1.00. The molecule has 0 radical (unpaired) electrons. The smallest absolute Gasteiger partial charge is 0.186 e. The van der Waals surface area contributed by atoms with Gasteiger partial charge in [-0.2, -0.15) is 0 Å². The molecule has 0 N–H and O–H groups in total. The summed E-state index contributed by atoms with van der Waals surface area (Å²) in [5, 5.41) is 0. The Morgan fingerprint density at radius 3 is 0.615 bits per heavy atom. The van der Waals surface area contributed by atoms with E-state index < -0.39 is 13.0 Å². The monoisotopic (exact) mass is 448 g/mol. The molecule has 0 aromatic heterocycles. The van der Waals surface area contributed by atoms with E-state index in [9.17, 15) is 0 Å². The topological polar surface area (TPSA) is 36.9 Å². The maximum absolute atomic E-state index is 5.70. The van der Waals surface area contributed by atoms with Crippen molar-refractivity contribution >= 4 is 36.6 Å². The van der Waals surface area contributed by atoms with Gasteiger partial charge in [0.25, 0.3) is 0 Å². The molecule has 0 aromatic rings. The van der Waals surface area contributed by atoms with Gasteiger partial charge in [0, 0.05) is 13.3 Å². The Hall–Kier alpha value is 1.14. The molecule has 160 valence electrons. The first-order valence-corrected chi connectivity index (χ1v) is 15.0. The van der Waals surface area contributed by atoms with Crippen LogP contribution in [0.3, 0.4) is 0 Å². The standard InChI is InChI=1S/2C9H21O2PS/c2*1-8(2,3)10-12(7,13)11-9(4,5)6/h2*1-7H3. The van der Waals surface area contributed by atoms with Crippen LogP contribution >= 0.6 is 13.0 Å². The molecule has 8 heteroatoms. The Balaban J connectivity index is 0. The highest BCUT2D eigenvalue weighted by Gasteiger charge is 2.27. The van der Waals surface area contributed by atoms with E-state index >= 15 is 0 Å². The van der Waals surface area contributed by atoms with Gasteiger partial charge < -0.3 is 18.1 Å². The minimum absolute atomic E-state index is 0.227. The van der Waals surface area contributed by atoms with Gasteiger partial charge in [-0.3, -0.25) is 0 Å². The molecule has 0 saturated carbocycles. The van der Waals surface area contributed by atoms with Gasteiger partial charge in [0.1, 0.15) is 0 Å². The molecule has 0 aliphatic heterocycles. The third kappa shape index (κ3) is 23.2. The van der Waals surface area contributed by atoms with Gasteiger partial charge in [-0.1, -0.05) is 0 Å². The molecule has 0 aliphatic carbocycles. The third-order valence-corrected chi connectivity index (χ3v) is 6.17. The molecule has 0 spiro atoms. The van der Waals surface area contributed by atoms with Crippen LogP contribution in [0.5, 0.6) is 0 Å². The Morgan fingerprint density at radius 1 is 0.423 bits per heavy atom. The second kappa shape index (κ2) is 9.76. The van der Waals surface area contributed by atoms with Crippen molar-refractivity contribution in [2.45, 2.75) is 105 Å². The SMILES string of the molecule is CC(C)(C)OP(C)(=S)OC(C)(C)C.CC(C)(C)OP(C)(=S)OC(C)(C)C. The lowest BCUT2D eigenvalue weighted by Crippen LogP contribution is -2.23. The molecule has 0 heterocycles. The Morgan fingerprint density at radius 2 is 0.538 bits per heavy atom. The van der Waals surface area contributed by atoms with Gasteiger partial charge in [0.15, 0.2) is 13.0 Å². The number of rotatable bonds is 4. The molecule has 0 atom stereocenters. The first kappa shape index (κ1) is 29.3. The van der Waals surface area contributed by atoms with Crippen LogP contribution < -0.4 is 0 Å². The second-order valence-electron chi connectivity index (χ2n) is 10.4. The lowest BCUT2D eigenvalue weighted by atomic mass is 10.2. The summed E-state index contributed by atoms with van der Waals surface area (Å²) in [5.41, 5.74) is -0.907. The molecule has 0 aromatic carbocycles. The molecular weight excluding hydrogens is 406 g/mol. The molecule has 0 saturated heterocycles. The minimum Gasteiger partial charge on any atom is -0.324 e. The van der Waals surface area contributed by atoms with Gasteiger partial charge in [-0.05, 0) is 107 Å². The van der Waals surface area contributed by atoms with Crippen LogP contribution in [0, 0.1) is 0 Å². The normalized spacial score (nSPS) is 14.7. The summed E-state index contributed by atoms with van der Waals surface area (Å²) >= 11 is 10.6. The molecule has 0 aliphatic rings. The van der Waals surface area contributed by atoms with Crippen LogP contribution in [0.2, 0.25) is 0 Å². The van der Waals surface area contributed by atoms with Crippen molar-refractivity contribution in [1.82, 2.24) is 0 Å². The summed E-state index contributed by atoms with van der Waals surface area (Å²) in [6.07, 6.45) is 0. The molecule has 0 bridgehead atoms. The summed E-state index contributed by atoms with van der Waals surface area (Å²) in [6.45, 7) is 23.4. The van der Waals surface area contributed by atoms with E-state index in [-0.39, 0.29) is 22.4 Å². The zero-order valence-electron chi connectivity index (χ0n) is 19.3. The Bertz CT molecular complexity index is 433. The van der Waals surface area contributed by atoms with E-state index in [0.717, 1.165) is 0 Å². The largest absolute Gasteiger partial charge is 0.324 e. The second-order valence-corrected chi connectivity index (χ2v) is 18.2. The zero-order chi connectivity index (χ0) is 21.8. The maximum Gasteiger partial charge on any atom is 0.186 e. The Kier molecular flexibility index (Phi) is 11.0. The maximum atomic E-state index is 5.70. The van der Waals surface area contributed by atoms with Gasteiger partial charge in [-0.25, -0.2) is 0 Å². The van der Waals surface area contributed by atoms with Gasteiger partial charge in [-0.15, -0.1) is 0 Å². The molecule has 0 amide bonds. The highest BCUT2D eigenvalue weighted by molar-refractivity contribution is 8.09. The molecule has 26 heavy (non-hydrogen) atoms. The van der Waals surface area contributed by atoms with E-state index in [2.05, 4.69) is 0 Å². The average molecular weight is 449 g/mol. The molecule has 0 fully saturated rings. The summed E-state index contributed by atoms with van der Waals surface area (Å²) in [7, 11) is 0. The summed E-state index contributed by atoms with van der Waals surface area (Å²) in [6, 6.07) is 0. The van der Waals surface area contributed by atoms with E-state index in [1.54, 1.807) is 0 Å². The third-order valence-electron chi connectivity index (χ3n) is 1.76. The van der Waals surface area contributed by atoms with Crippen molar-refractivity contribution in [1.29, 1.82) is 0 Å². The molecule has 0 unspecified atom stereocenters. The van der Waals surface area contributed by atoms with Crippen LogP contribution in [0.25, 0.3) is 0 Å². The quantitative estimate of drug-likeness (QED) is 0.427. The van der Waals surface area contributed by atoms with Crippen LogP contribution in [0.1, 0.15) is 83.1 Å². The predicted octanol–water partition coefficient (Wildman–Crippen LogP) is 7.11. The van der Waals surface area contributed by atoms with Crippen molar-refractivity contribution in [2.24, 2.45) is 0 Å². The first-order chi connectivity index (χ1) is 10.8. The summed E-state index contributed by atoms with van der Waals surface area (Å²) in [5.74, 6) is 0. The molecule has 4 nitrogen and oxygen atoms in total. The number of hydrogen-bond acceptors (Lipinski definition) is 6. The summed E-state index contributed by atoms with van der Waals surface area (Å²) < 4.78 is 22.8. The van der Waals surface area contributed by atoms with E-state index in [0.29, 0.717) is 0 Å². The minimum atomic E-state index is -2.10. The van der Waals surface area contributed by atoms with Crippen molar-refractivity contribution < 1.29 is 18.1 Å². The number of hydrogen-bond donors (Lipinski definition) is 0. The molecular formula is C18H42O4P2S2. The fourth-order valence-electron chi connectivity index (χ4n) is 2.03. The highest BCUT2D eigenvalue weighted by Crippen LogP contribution is 2.51. The predicted molar refractivity (Wildman–Crippen MR) is 124 cm³/mol. The van der Waals surface area contributed by atoms with Crippen LogP contribution in [0.15, 0.2) is 0 Å². The van der Waals surface area contributed by atoms with E-state index in [1.807, 2.05) is 96.4 Å². The summed E-state index contributed by atoms with van der Waals surface area (Å²) in [4.78, 5) is 0. The van der Waals surface area contributed by atoms with Crippen LogP contribution in [-0.2, 0) is 41.7 Å². The van der Waals surface area contributed by atoms with Gasteiger partial charge in [0.2, 0.25) is 0 Å². The highest BCUT2D eigenvalue weighted by atomic mass is 32.5. The van der Waals surface area contributed by atoms with Gasteiger partial charge >= 0.3 is 0 Å². The molecule has 0 rings (SSSR count). The zero-order valence-corrected chi connectivity index (χ0v) is 22.8. The lowest BCUT2D eigenvalue weighted by molar-refractivity contribution is 0.0723. The van der Waals surface area contributed by atoms with Crippen LogP contribution in [-0.4, -0.2) is 35.7 Å². The fourth-order valence-corrected chi connectivity index (χ4v) is 8.76.